The molecule has 2 heterocycles. The summed E-state index contributed by atoms with van der Waals surface area (Å²) in [5, 5.41) is 41.2. The molecular formula is C22H41N5O8. The molecule has 10 N–H and O–H groups in total. The van der Waals surface area contributed by atoms with Gasteiger partial charge in [0.1, 0.15) is 35.8 Å². The molecule has 3 aliphatic rings. The van der Waals surface area contributed by atoms with Gasteiger partial charge in [0.25, 0.3) is 0 Å². The van der Waals surface area contributed by atoms with Crippen molar-refractivity contribution in [2.45, 2.75) is 93.5 Å². The molecule has 3 rings (SSSR count). The van der Waals surface area contributed by atoms with Crippen molar-refractivity contribution in [3.63, 3.8) is 0 Å². The normalized spacial score (nSPS) is 44.3. The largest absolute Gasteiger partial charge is 0.467 e. The number of ether oxygens (including phenoxy) is 4. The van der Waals surface area contributed by atoms with Gasteiger partial charge in [-0.25, -0.2) is 0 Å². The molecule has 13 nitrogen and oxygen atoms in total. The fraction of sp³-hybridized carbons (Fsp3) is 0.864. The highest BCUT2D eigenvalue weighted by atomic mass is 16.7. The predicted octanol–water partition coefficient (Wildman–Crippen LogP) is -3.41. The highest BCUT2D eigenvalue weighted by Gasteiger charge is 2.51. The van der Waals surface area contributed by atoms with Crippen LogP contribution in [0.3, 0.4) is 0 Å². The third-order valence-corrected chi connectivity index (χ3v) is 6.81. The second kappa shape index (κ2) is 12.2. The minimum absolute atomic E-state index is 0.111. The Kier molecular flexibility index (Phi) is 9.85. The van der Waals surface area contributed by atoms with E-state index in [9.17, 15) is 20.1 Å². The van der Waals surface area contributed by atoms with Crippen molar-refractivity contribution in [2.24, 2.45) is 11.5 Å². The zero-order valence-electron chi connectivity index (χ0n) is 20.5. The Labute approximate surface area is 205 Å². The van der Waals surface area contributed by atoms with E-state index in [1.807, 2.05) is 13.0 Å². The fourth-order valence-corrected chi connectivity index (χ4v) is 4.88. The first kappa shape index (κ1) is 28.2. The summed E-state index contributed by atoms with van der Waals surface area (Å²) >= 11 is 0. The van der Waals surface area contributed by atoms with Crippen LogP contribution in [0.25, 0.3) is 0 Å². The van der Waals surface area contributed by atoms with E-state index in [0.29, 0.717) is 25.1 Å². The second-order valence-electron chi connectivity index (χ2n) is 9.61. The van der Waals surface area contributed by atoms with Gasteiger partial charge in [-0.15, -0.1) is 0 Å². The summed E-state index contributed by atoms with van der Waals surface area (Å²) in [7, 11) is 1.60. The van der Waals surface area contributed by atoms with Gasteiger partial charge in [-0.3, -0.25) is 4.79 Å². The summed E-state index contributed by atoms with van der Waals surface area (Å²) in [6.07, 6.45) is -3.37. The van der Waals surface area contributed by atoms with E-state index in [0.717, 1.165) is 6.54 Å². The van der Waals surface area contributed by atoms with Gasteiger partial charge >= 0.3 is 0 Å². The van der Waals surface area contributed by atoms with Crippen LogP contribution in [0.5, 0.6) is 0 Å². The maximum Gasteiger partial charge on any atom is 0.215 e. The van der Waals surface area contributed by atoms with Crippen molar-refractivity contribution in [1.29, 1.82) is 0 Å². The fourth-order valence-electron chi connectivity index (χ4n) is 4.88. The molecule has 1 aliphatic carbocycles. The Morgan fingerprint density at radius 1 is 1.20 bits per heavy atom. The molecule has 0 spiro atoms. The van der Waals surface area contributed by atoms with E-state index in [-0.39, 0.29) is 13.0 Å². The van der Waals surface area contributed by atoms with Gasteiger partial charge < -0.3 is 61.7 Å². The molecule has 1 amide bonds. The molecule has 13 heteroatoms. The number of hydrogen-bond acceptors (Lipinski definition) is 12. The Balaban J connectivity index is 1.73. The van der Waals surface area contributed by atoms with Crippen LogP contribution in [0.2, 0.25) is 0 Å². The molecule has 0 aromatic heterocycles. The van der Waals surface area contributed by atoms with Crippen LogP contribution in [0, 0.1) is 0 Å². The number of rotatable bonds is 10. The maximum atomic E-state index is 11.3. The number of nitrogens with one attached hydrogen (secondary N) is 3. The van der Waals surface area contributed by atoms with Crippen molar-refractivity contribution in [2.75, 3.05) is 26.7 Å². The Hall–Kier alpha value is -1.39. The molecule has 35 heavy (non-hydrogen) atoms. The smallest absolute Gasteiger partial charge is 0.215 e. The lowest BCUT2D eigenvalue weighted by molar-refractivity contribution is -0.304. The van der Waals surface area contributed by atoms with Crippen LogP contribution >= 0.6 is 0 Å². The molecule has 1 saturated carbocycles. The summed E-state index contributed by atoms with van der Waals surface area (Å²) in [6.45, 7) is 4.70. The van der Waals surface area contributed by atoms with Gasteiger partial charge in [-0.05, 0) is 39.4 Å². The third-order valence-electron chi connectivity index (χ3n) is 6.81. The molecule has 202 valence electrons. The van der Waals surface area contributed by atoms with Gasteiger partial charge in [-0.1, -0.05) is 6.92 Å². The summed E-state index contributed by atoms with van der Waals surface area (Å²) in [4.78, 5) is 11.2. The molecule has 2 fully saturated rings. The van der Waals surface area contributed by atoms with Gasteiger partial charge in [-0.2, -0.15) is 0 Å². The number of aliphatic hydroxyl groups is 3. The Bertz CT molecular complexity index is 728. The van der Waals surface area contributed by atoms with Crippen LogP contribution in [-0.2, 0) is 23.7 Å². The number of nitrogens with two attached hydrogens (primary N) is 2. The average molecular weight is 504 g/mol. The molecule has 0 radical (unpaired) electrons. The first-order valence-corrected chi connectivity index (χ1v) is 12.1. The first-order chi connectivity index (χ1) is 16.6. The van der Waals surface area contributed by atoms with Crippen molar-refractivity contribution in [3.05, 3.63) is 11.8 Å². The third kappa shape index (κ3) is 6.49. The topological polar surface area (TPSA) is 203 Å². The lowest BCUT2D eigenvalue weighted by Gasteiger charge is -2.48. The molecular weight excluding hydrogens is 462 g/mol. The van der Waals surface area contributed by atoms with E-state index in [1.165, 1.54) is 6.92 Å². The molecule has 0 aromatic rings. The predicted molar refractivity (Wildman–Crippen MR) is 125 cm³/mol. The van der Waals surface area contributed by atoms with E-state index in [1.54, 1.807) is 7.05 Å². The molecule has 11 atom stereocenters. The zero-order chi connectivity index (χ0) is 25.8. The van der Waals surface area contributed by atoms with Gasteiger partial charge in [0, 0.05) is 6.04 Å². The molecule has 0 bridgehead atoms. The van der Waals surface area contributed by atoms with Crippen LogP contribution < -0.4 is 27.4 Å². The maximum absolute atomic E-state index is 11.3. The number of hydrogen-bond donors (Lipinski definition) is 8. The SMILES string of the molecule is CCNCC1=CC[C@@H](N)[C@@H](OC2[C@@H](N)C[C@@H](NC=O)[C@H](O[C@H]3OC[C@](C)(O)[C@H](NC)[C@H]3O)[C@H]2O)O1. The van der Waals surface area contributed by atoms with Crippen LogP contribution in [0.1, 0.15) is 26.7 Å². The van der Waals surface area contributed by atoms with Gasteiger partial charge in [0.15, 0.2) is 6.29 Å². The van der Waals surface area contributed by atoms with E-state index in [2.05, 4.69) is 16.0 Å². The number of aliphatic hydroxyl groups excluding tert-OH is 2. The number of carbonyl (C=O) groups excluding carboxylic acids is 1. The van der Waals surface area contributed by atoms with Crippen molar-refractivity contribution >= 4 is 6.41 Å². The second-order valence-corrected chi connectivity index (χ2v) is 9.61. The van der Waals surface area contributed by atoms with Crippen LogP contribution in [0.4, 0.5) is 0 Å². The summed E-state index contributed by atoms with van der Waals surface area (Å²) in [5.74, 6) is 0.689. The lowest BCUT2D eigenvalue weighted by Crippen LogP contribution is -2.69. The van der Waals surface area contributed by atoms with E-state index >= 15 is 0 Å². The standard InChI is InChI=1S/C22H41N5O8/c1-4-26-8-11-5-6-12(23)20(33-11)34-17-13(24)7-14(27-10-28)18(15(17)29)35-21-16(30)19(25-3)22(2,31)9-32-21/h5,10,12-21,25-26,29-31H,4,6-9,23-24H2,1-3H3,(H,27,28)/t12-,13+,14-,15+,16-,17?,18+,19-,20-,21-,22+/m1/s1. The molecule has 1 saturated heterocycles. The Morgan fingerprint density at radius 3 is 2.57 bits per heavy atom. The lowest BCUT2D eigenvalue weighted by atomic mass is 9.83. The van der Waals surface area contributed by atoms with Crippen molar-refractivity contribution in [3.8, 4) is 0 Å². The summed E-state index contributed by atoms with van der Waals surface area (Å²) in [6, 6.07) is -2.55. The van der Waals surface area contributed by atoms with E-state index < -0.39 is 66.8 Å². The average Bonchev–Trinajstić information content (AvgIpc) is 2.81. The minimum Gasteiger partial charge on any atom is -0.467 e. The van der Waals surface area contributed by atoms with E-state index in [4.69, 9.17) is 30.4 Å². The molecule has 0 aromatic carbocycles. The number of amides is 1. The minimum atomic E-state index is -1.33. The van der Waals surface area contributed by atoms with Gasteiger partial charge in [0.05, 0.1) is 31.3 Å². The van der Waals surface area contributed by atoms with Crippen LogP contribution in [-0.4, -0.2) is 115 Å². The number of likely N-dealkylation sites (N-methyl/N-ethyl adjacent to an activating group) is 2. The molecule has 2 aliphatic heterocycles. The van der Waals surface area contributed by atoms with Crippen molar-refractivity contribution < 1.29 is 39.1 Å². The summed E-state index contributed by atoms with van der Waals surface area (Å²) < 4.78 is 23.6. The molecule has 1 unspecified atom stereocenters. The Morgan fingerprint density at radius 2 is 1.91 bits per heavy atom. The van der Waals surface area contributed by atoms with Gasteiger partial charge in [0.2, 0.25) is 12.7 Å². The monoisotopic (exact) mass is 503 g/mol. The van der Waals surface area contributed by atoms with Crippen molar-refractivity contribution in [1.82, 2.24) is 16.0 Å². The van der Waals surface area contributed by atoms with Crippen LogP contribution in [0.15, 0.2) is 11.8 Å². The zero-order valence-corrected chi connectivity index (χ0v) is 20.5. The summed E-state index contributed by atoms with van der Waals surface area (Å²) in [5.41, 5.74) is 11.2. The highest BCUT2D eigenvalue weighted by Crippen LogP contribution is 2.31. The quantitative estimate of drug-likeness (QED) is 0.137. The highest BCUT2D eigenvalue weighted by molar-refractivity contribution is 5.47. The first-order valence-electron chi connectivity index (χ1n) is 12.1. The number of carbonyl (C=O) groups is 1.